The molecular weight excluding hydrogens is 408 g/mol. The quantitative estimate of drug-likeness (QED) is 0.587. The molecule has 31 heavy (non-hydrogen) atoms. The Labute approximate surface area is 176 Å². The maximum absolute atomic E-state index is 13.6. The van der Waals surface area contributed by atoms with Crippen LogP contribution in [0.1, 0.15) is 21.5 Å². The molecule has 3 rings (SSSR count). The summed E-state index contributed by atoms with van der Waals surface area (Å²) in [6, 6.07) is 7.18. The van der Waals surface area contributed by atoms with E-state index in [9.17, 15) is 23.5 Å². The SMILES string of the molecule is COC(=O)[C@H](Cc1cc(F)c(O)c(F)c1)NC(=O)c1ccnc(-c2cc(C)ccn2)c1. The first-order chi connectivity index (χ1) is 14.8. The molecule has 0 saturated heterocycles. The normalized spacial score (nSPS) is 11.6. The molecule has 1 atom stereocenters. The fraction of sp³-hybridized carbons (Fsp3) is 0.182. The van der Waals surface area contributed by atoms with Gasteiger partial charge in [0.2, 0.25) is 0 Å². The molecule has 0 bridgehead atoms. The predicted molar refractivity (Wildman–Crippen MR) is 107 cm³/mol. The molecule has 1 aromatic carbocycles. The van der Waals surface area contributed by atoms with Crippen molar-refractivity contribution < 1.29 is 28.2 Å². The number of hydrogen-bond donors (Lipinski definition) is 2. The van der Waals surface area contributed by atoms with Gasteiger partial charge in [-0.2, -0.15) is 0 Å². The minimum atomic E-state index is -1.21. The zero-order valence-corrected chi connectivity index (χ0v) is 16.7. The van der Waals surface area contributed by atoms with E-state index >= 15 is 0 Å². The molecule has 0 spiro atoms. The van der Waals surface area contributed by atoms with Gasteiger partial charge in [0.15, 0.2) is 17.4 Å². The van der Waals surface area contributed by atoms with Crippen LogP contribution in [0.2, 0.25) is 0 Å². The first-order valence-corrected chi connectivity index (χ1v) is 9.23. The maximum atomic E-state index is 13.6. The lowest BCUT2D eigenvalue weighted by Crippen LogP contribution is -2.43. The molecule has 0 fully saturated rings. The molecule has 2 heterocycles. The van der Waals surface area contributed by atoms with E-state index in [1.54, 1.807) is 6.20 Å². The van der Waals surface area contributed by atoms with Crippen molar-refractivity contribution in [2.24, 2.45) is 0 Å². The first-order valence-electron chi connectivity index (χ1n) is 9.23. The molecule has 0 aliphatic heterocycles. The van der Waals surface area contributed by atoms with E-state index in [2.05, 4.69) is 15.3 Å². The van der Waals surface area contributed by atoms with E-state index in [-0.39, 0.29) is 17.5 Å². The van der Waals surface area contributed by atoms with Gasteiger partial charge in [0.05, 0.1) is 18.5 Å². The molecule has 1 amide bonds. The number of esters is 1. The lowest BCUT2D eigenvalue weighted by atomic mass is 10.0. The van der Waals surface area contributed by atoms with Gasteiger partial charge in [0, 0.05) is 24.4 Å². The number of amides is 1. The van der Waals surface area contributed by atoms with Crippen LogP contribution in [0, 0.1) is 18.6 Å². The number of benzene rings is 1. The summed E-state index contributed by atoms with van der Waals surface area (Å²) >= 11 is 0. The van der Waals surface area contributed by atoms with E-state index in [0.717, 1.165) is 24.8 Å². The number of rotatable bonds is 6. The Morgan fingerprint density at radius 2 is 1.68 bits per heavy atom. The molecule has 160 valence electrons. The topological polar surface area (TPSA) is 101 Å². The predicted octanol–water partition coefficient (Wildman–Crippen LogP) is 2.95. The fourth-order valence-corrected chi connectivity index (χ4v) is 2.94. The lowest BCUT2D eigenvalue weighted by Gasteiger charge is -2.17. The van der Waals surface area contributed by atoms with Crippen molar-refractivity contribution >= 4 is 11.9 Å². The van der Waals surface area contributed by atoms with Crippen molar-refractivity contribution in [1.29, 1.82) is 0 Å². The molecule has 9 heteroatoms. The summed E-state index contributed by atoms with van der Waals surface area (Å²) in [5.41, 5.74) is 2.29. The Morgan fingerprint density at radius 1 is 1.06 bits per heavy atom. The fourth-order valence-electron chi connectivity index (χ4n) is 2.94. The number of aryl methyl sites for hydroxylation is 1. The third-order valence-corrected chi connectivity index (χ3v) is 4.51. The molecule has 0 aliphatic rings. The number of pyridine rings is 2. The Morgan fingerprint density at radius 3 is 2.29 bits per heavy atom. The van der Waals surface area contributed by atoms with E-state index in [4.69, 9.17) is 4.74 Å². The minimum Gasteiger partial charge on any atom is -0.503 e. The average Bonchev–Trinajstić information content (AvgIpc) is 2.76. The van der Waals surface area contributed by atoms with Crippen molar-refractivity contribution in [3.8, 4) is 17.1 Å². The van der Waals surface area contributed by atoms with Crippen molar-refractivity contribution in [3.05, 3.63) is 77.1 Å². The molecule has 7 nitrogen and oxygen atoms in total. The summed E-state index contributed by atoms with van der Waals surface area (Å²) in [5, 5.41) is 11.7. The van der Waals surface area contributed by atoms with E-state index < -0.39 is 35.3 Å². The second kappa shape index (κ2) is 9.29. The van der Waals surface area contributed by atoms with Gasteiger partial charge in [-0.05, 0) is 54.4 Å². The second-order valence-electron chi connectivity index (χ2n) is 6.81. The van der Waals surface area contributed by atoms with Gasteiger partial charge in [0.25, 0.3) is 5.91 Å². The molecular formula is C22H19F2N3O4. The lowest BCUT2D eigenvalue weighted by molar-refractivity contribution is -0.142. The van der Waals surface area contributed by atoms with Crippen LogP contribution < -0.4 is 5.32 Å². The Bertz CT molecular complexity index is 1110. The molecule has 0 aliphatic carbocycles. The number of ether oxygens (including phenoxy) is 1. The second-order valence-corrected chi connectivity index (χ2v) is 6.81. The van der Waals surface area contributed by atoms with Crippen molar-refractivity contribution in [3.63, 3.8) is 0 Å². The molecule has 2 aromatic heterocycles. The van der Waals surface area contributed by atoms with Crippen LogP contribution in [0.15, 0.2) is 48.8 Å². The molecule has 0 radical (unpaired) electrons. The summed E-state index contributed by atoms with van der Waals surface area (Å²) in [7, 11) is 1.13. The van der Waals surface area contributed by atoms with Crippen LogP contribution in [-0.2, 0) is 16.0 Å². The Balaban J connectivity index is 1.83. The molecule has 2 N–H and O–H groups in total. The number of phenols is 1. The Kier molecular flexibility index (Phi) is 6.54. The van der Waals surface area contributed by atoms with Crippen LogP contribution in [-0.4, -0.2) is 40.1 Å². The number of halogens is 2. The number of carbonyl (C=O) groups excluding carboxylic acids is 2. The average molecular weight is 427 g/mol. The van der Waals surface area contributed by atoms with Gasteiger partial charge >= 0.3 is 5.97 Å². The van der Waals surface area contributed by atoms with E-state index in [0.29, 0.717) is 11.4 Å². The summed E-state index contributed by atoms with van der Waals surface area (Å²) in [5.74, 6) is -4.86. The first kappa shape index (κ1) is 21.8. The van der Waals surface area contributed by atoms with Gasteiger partial charge in [-0.15, -0.1) is 0 Å². The number of carbonyl (C=O) groups is 2. The van der Waals surface area contributed by atoms with Crippen molar-refractivity contribution in [2.75, 3.05) is 7.11 Å². The van der Waals surface area contributed by atoms with Crippen LogP contribution in [0.5, 0.6) is 5.75 Å². The van der Waals surface area contributed by atoms with E-state index in [1.807, 2.05) is 19.1 Å². The monoisotopic (exact) mass is 427 g/mol. The minimum absolute atomic E-state index is 0.0582. The van der Waals surface area contributed by atoms with Crippen LogP contribution in [0.4, 0.5) is 8.78 Å². The van der Waals surface area contributed by atoms with Crippen molar-refractivity contribution in [2.45, 2.75) is 19.4 Å². The van der Waals surface area contributed by atoms with Gasteiger partial charge in [-0.25, -0.2) is 13.6 Å². The van der Waals surface area contributed by atoms with Crippen molar-refractivity contribution in [1.82, 2.24) is 15.3 Å². The summed E-state index contributed by atoms with van der Waals surface area (Å²) in [6.07, 6.45) is 2.82. The zero-order valence-electron chi connectivity index (χ0n) is 16.7. The van der Waals surface area contributed by atoms with Gasteiger partial charge in [-0.1, -0.05) is 0 Å². The van der Waals surface area contributed by atoms with Gasteiger partial charge < -0.3 is 15.2 Å². The molecule has 0 unspecified atom stereocenters. The number of nitrogens with one attached hydrogen (secondary N) is 1. The zero-order chi connectivity index (χ0) is 22.5. The number of aromatic nitrogens is 2. The number of phenolic OH excluding ortho intramolecular Hbond substituents is 1. The highest BCUT2D eigenvalue weighted by molar-refractivity contribution is 5.97. The number of hydrogen-bond acceptors (Lipinski definition) is 6. The number of aromatic hydroxyl groups is 1. The largest absolute Gasteiger partial charge is 0.503 e. The highest BCUT2D eigenvalue weighted by Gasteiger charge is 2.24. The maximum Gasteiger partial charge on any atom is 0.328 e. The van der Waals surface area contributed by atoms with E-state index in [1.165, 1.54) is 18.3 Å². The number of nitrogens with zero attached hydrogens (tertiary/aromatic N) is 2. The summed E-state index contributed by atoms with van der Waals surface area (Å²) < 4.78 is 32.0. The number of methoxy groups -OCH3 is 1. The summed E-state index contributed by atoms with van der Waals surface area (Å²) in [4.78, 5) is 33.3. The Hall–Kier alpha value is -3.88. The van der Waals surface area contributed by atoms with Gasteiger partial charge in [0.1, 0.15) is 6.04 Å². The van der Waals surface area contributed by atoms with Gasteiger partial charge in [-0.3, -0.25) is 14.8 Å². The molecule has 0 saturated carbocycles. The van der Waals surface area contributed by atoms with Crippen LogP contribution in [0.3, 0.4) is 0 Å². The third-order valence-electron chi connectivity index (χ3n) is 4.51. The standard InChI is InChI=1S/C22H19F2N3O4/c1-12-3-5-25-17(7-12)18-11-14(4-6-26-18)21(29)27-19(22(30)31-2)10-13-8-15(23)20(28)16(24)9-13/h3-9,11,19,28H,10H2,1-2H3,(H,27,29)/t19-/m0/s1. The smallest absolute Gasteiger partial charge is 0.328 e. The third kappa shape index (κ3) is 5.19. The summed E-state index contributed by atoms with van der Waals surface area (Å²) in [6.45, 7) is 1.90. The highest BCUT2D eigenvalue weighted by atomic mass is 19.1. The molecule has 3 aromatic rings. The highest BCUT2D eigenvalue weighted by Crippen LogP contribution is 2.22. The van der Waals surface area contributed by atoms with Crippen LogP contribution >= 0.6 is 0 Å². The van der Waals surface area contributed by atoms with Crippen LogP contribution in [0.25, 0.3) is 11.4 Å².